The molecule has 1 amide bonds. The average Bonchev–Trinajstić information content (AvgIpc) is 3.20. The van der Waals surface area contributed by atoms with Crippen LogP contribution in [-0.2, 0) is 0 Å². The maximum Gasteiger partial charge on any atom is 0.254 e. The van der Waals surface area contributed by atoms with Crippen molar-refractivity contribution < 1.29 is 6.22 Å². The number of carbonyl (C=O) groups is 1. The minimum absolute atomic E-state index is 0. The SMILES string of the molecule is Cc1cc(C#CCNc2cccc(C(=N)N)c2)ccc1C(=O)N1CCCC1.[HH]. The van der Waals surface area contributed by atoms with Gasteiger partial charge in [-0.2, -0.15) is 0 Å². The zero-order chi connectivity index (χ0) is 19.2. The van der Waals surface area contributed by atoms with Crippen molar-refractivity contribution in [1.29, 1.82) is 5.41 Å². The van der Waals surface area contributed by atoms with Gasteiger partial charge in [0, 0.05) is 36.9 Å². The number of amides is 1. The Morgan fingerprint density at radius 2 is 2.04 bits per heavy atom. The van der Waals surface area contributed by atoms with E-state index >= 15 is 0 Å². The summed E-state index contributed by atoms with van der Waals surface area (Å²) in [7, 11) is 0. The van der Waals surface area contributed by atoms with Crippen molar-refractivity contribution in [3.8, 4) is 11.8 Å². The van der Waals surface area contributed by atoms with Crippen LogP contribution in [0.4, 0.5) is 5.69 Å². The maximum absolute atomic E-state index is 12.5. The summed E-state index contributed by atoms with van der Waals surface area (Å²) >= 11 is 0. The number of nitrogens with two attached hydrogens (primary N) is 1. The second-order valence-corrected chi connectivity index (χ2v) is 6.68. The van der Waals surface area contributed by atoms with Gasteiger partial charge in [0.2, 0.25) is 0 Å². The largest absolute Gasteiger partial charge is 0.384 e. The first kappa shape index (κ1) is 18.5. The van der Waals surface area contributed by atoms with Gasteiger partial charge in [-0.25, -0.2) is 0 Å². The number of nitrogens with one attached hydrogen (secondary N) is 2. The molecular formula is C22H26N4O. The van der Waals surface area contributed by atoms with Gasteiger partial charge in [0.25, 0.3) is 5.91 Å². The molecule has 5 heteroatoms. The molecule has 0 bridgehead atoms. The Morgan fingerprint density at radius 1 is 1.26 bits per heavy atom. The fourth-order valence-corrected chi connectivity index (χ4v) is 3.16. The number of benzene rings is 2. The van der Waals surface area contributed by atoms with E-state index in [1.165, 1.54) is 0 Å². The predicted molar refractivity (Wildman–Crippen MR) is 111 cm³/mol. The van der Waals surface area contributed by atoms with Crippen molar-refractivity contribution in [2.24, 2.45) is 5.73 Å². The van der Waals surface area contributed by atoms with E-state index in [4.69, 9.17) is 11.1 Å². The molecule has 2 aromatic carbocycles. The summed E-state index contributed by atoms with van der Waals surface area (Å²) in [5.74, 6) is 6.38. The third-order valence-electron chi connectivity index (χ3n) is 4.64. The van der Waals surface area contributed by atoms with Gasteiger partial charge in [-0.1, -0.05) is 24.0 Å². The summed E-state index contributed by atoms with van der Waals surface area (Å²) < 4.78 is 0. The van der Waals surface area contributed by atoms with Gasteiger partial charge in [-0.15, -0.1) is 0 Å². The molecule has 1 aliphatic heterocycles. The number of nitrogen functional groups attached to an aromatic ring is 1. The van der Waals surface area contributed by atoms with Crippen LogP contribution >= 0.6 is 0 Å². The van der Waals surface area contributed by atoms with Crippen LogP contribution in [0.3, 0.4) is 0 Å². The summed E-state index contributed by atoms with van der Waals surface area (Å²) in [6.45, 7) is 4.15. The monoisotopic (exact) mass is 362 g/mol. The van der Waals surface area contributed by atoms with Gasteiger partial charge in [-0.3, -0.25) is 10.2 Å². The lowest BCUT2D eigenvalue weighted by Crippen LogP contribution is -2.28. The van der Waals surface area contributed by atoms with Crippen LogP contribution in [-0.4, -0.2) is 36.3 Å². The van der Waals surface area contributed by atoms with Crippen molar-refractivity contribution in [2.45, 2.75) is 19.8 Å². The number of anilines is 1. The molecule has 1 heterocycles. The highest BCUT2D eigenvalue weighted by atomic mass is 16.2. The first-order valence-electron chi connectivity index (χ1n) is 9.12. The normalized spacial score (nSPS) is 13.0. The number of carbonyl (C=O) groups excluding carboxylic acids is 1. The van der Waals surface area contributed by atoms with Crippen LogP contribution in [0, 0.1) is 24.2 Å². The molecule has 5 nitrogen and oxygen atoms in total. The van der Waals surface area contributed by atoms with Crippen LogP contribution in [0.1, 0.15) is 41.3 Å². The summed E-state index contributed by atoms with van der Waals surface area (Å²) in [5.41, 5.74) is 9.68. The minimum atomic E-state index is 0. The van der Waals surface area contributed by atoms with E-state index < -0.39 is 0 Å². The maximum atomic E-state index is 12.5. The molecule has 1 saturated heterocycles. The van der Waals surface area contributed by atoms with Crippen molar-refractivity contribution in [3.63, 3.8) is 0 Å². The number of aryl methyl sites for hydroxylation is 1. The van der Waals surface area contributed by atoms with E-state index in [9.17, 15) is 4.79 Å². The third kappa shape index (κ3) is 4.68. The second kappa shape index (κ2) is 8.41. The molecule has 140 valence electrons. The fraction of sp³-hybridized carbons (Fsp3) is 0.273. The second-order valence-electron chi connectivity index (χ2n) is 6.68. The van der Waals surface area contributed by atoms with Gasteiger partial charge >= 0.3 is 0 Å². The fourth-order valence-electron chi connectivity index (χ4n) is 3.16. The van der Waals surface area contributed by atoms with Crippen LogP contribution in [0.25, 0.3) is 0 Å². The van der Waals surface area contributed by atoms with E-state index in [0.29, 0.717) is 12.1 Å². The molecule has 0 aromatic heterocycles. The molecule has 0 atom stereocenters. The topological polar surface area (TPSA) is 82.2 Å². The molecule has 3 rings (SSSR count). The number of amidine groups is 1. The highest BCUT2D eigenvalue weighted by Gasteiger charge is 2.20. The highest BCUT2D eigenvalue weighted by molar-refractivity contribution is 5.96. The first-order chi connectivity index (χ1) is 13.0. The molecular weight excluding hydrogens is 336 g/mol. The molecule has 27 heavy (non-hydrogen) atoms. The quantitative estimate of drug-likeness (QED) is 0.444. The summed E-state index contributed by atoms with van der Waals surface area (Å²) in [6.07, 6.45) is 2.19. The zero-order valence-corrected chi connectivity index (χ0v) is 15.5. The van der Waals surface area contributed by atoms with Crippen molar-refractivity contribution in [3.05, 3.63) is 64.7 Å². The van der Waals surface area contributed by atoms with Gasteiger partial charge in [0.05, 0.1) is 6.54 Å². The molecule has 1 fully saturated rings. The summed E-state index contributed by atoms with van der Waals surface area (Å²) in [4.78, 5) is 14.5. The lowest BCUT2D eigenvalue weighted by molar-refractivity contribution is 0.0792. The van der Waals surface area contributed by atoms with Crippen molar-refractivity contribution >= 4 is 17.4 Å². The number of hydrogen-bond donors (Lipinski definition) is 3. The standard InChI is InChI=1S/C22H24N4O.H2/c1-16-14-17(9-10-20(16)22(27)26-12-2-3-13-26)6-5-11-25-19-8-4-7-18(15-19)21(23)24;/h4,7-10,14-15,25H,2-3,11-13H2,1H3,(H3,23,24);1H. The summed E-state index contributed by atoms with van der Waals surface area (Å²) in [6, 6.07) is 13.1. The lowest BCUT2D eigenvalue weighted by atomic mass is 10.0. The molecule has 0 saturated carbocycles. The summed E-state index contributed by atoms with van der Waals surface area (Å²) in [5, 5.41) is 10.7. The van der Waals surface area contributed by atoms with Crippen LogP contribution in [0.5, 0.6) is 0 Å². The van der Waals surface area contributed by atoms with E-state index in [2.05, 4.69) is 17.2 Å². The number of hydrogen-bond acceptors (Lipinski definition) is 3. The van der Waals surface area contributed by atoms with E-state index in [1.807, 2.05) is 48.2 Å². The van der Waals surface area contributed by atoms with E-state index in [0.717, 1.165) is 48.3 Å². The lowest BCUT2D eigenvalue weighted by Gasteiger charge is -2.16. The molecule has 0 spiro atoms. The molecule has 4 N–H and O–H groups in total. The third-order valence-corrected chi connectivity index (χ3v) is 4.64. The van der Waals surface area contributed by atoms with E-state index in [1.54, 1.807) is 6.07 Å². The first-order valence-corrected chi connectivity index (χ1v) is 9.12. The van der Waals surface area contributed by atoms with Crippen molar-refractivity contribution in [2.75, 3.05) is 25.0 Å². The van der Waals surface area contributed by atoms with Crippen LogP contribution < -0.4 is 11.1 Å². The smallest absolute Gasteiger partial charge is 0.254 e. The zero-order valence-electron chi connectivity index (χ0n) is 15.5. The molecule has 0 aliphatic carbocycles. The van der Waals surface area contributed by atoms with Gasteiger partial charge in [0.15, 0.2) is 0 Å². The Labute approximate surface area is 161 Å². The number of nitrogens with zero attached hydrogens (tertiary/aromatic N) is 1. The van der Waals surface area contributed by atoms with Crippen LogP contribution in [0.2, 0.25) is 0 Å². The van der Waals surface area contributed by atoms with Crippen molar-refractivity contribution in [1.82, 2.24) is 4.90 Å². The van der Waals surface area contributed by atoms with E-state index in [-0.39, 0.29) is 13.2 Å². The Morgan fingerprint density at radius 3 is 2.74 bits per heavy atom. The molecule has 0 unspecified atom stereocenters. The van der Waals surface area contributed by atoms with Crippen LogP contribution in [0.15, 0.2) is 42.5 Å². The number of likely N-dealkylation sites (tertiary alicyclic amines) is 1. The minimum Gasteiger partial charge on any atom is -0.384 e. The molecule has 2 aromatic rings. The predicted octanol–water partition coefficient (Wildman–Crippen LogP) is 3.22. The Bertz CT molecular complexity index is 924. The van der Waals surface area contributed by atoms with Gasteiger partial charge in [-0.05, 0) is 55.7 Å². The Balaban J connectivity index is 0.00000280. The number of rotatable bonds is 4. The molecule has 1 aliphatic rings. The van der Waals surface area contributed by atoms with Gasteiger partial charge in [0.1, 0.15) is 5.84 Å². The average molecular weight is 362 g/mol. The molecule has 0 radical (unpaired) electrons. The Kier molecular flexibility index (Phi) is 5.77. The Hall–Kier alpha value is -3.26. The van der Waals surface area contributed by atoms with Gasteiger partial charge < -0.3 is 16.0 Å². The highest BCUT2D eigenvalue weighted by Crippen LogP contribution is 2.17.